The molecule has 1 N–H and O–H groups in total. The number of nitro groups is 1. The summed E-state index contributed by atoms with van der Waals surface area (Å²) in [4.78, 5) is 21.0. The first-order valence-corrected chi connectivity index (χ1v) is 5.32. The van der Waals surface area contributed by atoms with E-state index in [0.29, 0.717) is 5.56 Å². The Morgan fingerprint density at radius 3 is 2.94 bits per heavy atom. The number of hydrogen-bond donors (Lipinski definition) is 1. The van der Waals surface area contributed by atoms with E-state index in [9.17, 15) is 20.0 Å². The minimum atomic E-state index is -1.09. The van der Waals surface area contributed by atoms with Crippen LogP contribution in [0.4, 0.5) is 5.69 Å². The lowest BCUT2D eigenvalue weighted by Gasteiger charge is -2.05. The molecule has 0 aromatic heterocycles. The van der Waals surface area contributed by atoms with Crippen LogP contribution in [0.15, 0.2) is 36.4 Å². The number of benzene rings is 1. The number of esters is 1. The van der Waals surface area contributed by atoms with Crippen molar-refractivity contribution in [3.63, 3.8) is 0 Å². The molecule has 1 atom stereocenters. The molecule has 0 spiro atoms. The summed E-state index contributed by atoms with van der Waals surface area (Å²) in [7, 11) is 0. The highest BCUT2D eigenvalue weighted by Crippen LogP contribution is 2.19. The summed E-state index contributed by atoms with van der Waals surface area (Å²) in [5.41, 5.74) is 0.223. The van der Waals surface area contributed by atoms with Gasteiger partial charge in [-0.05, 0) is 18.6 Å². The second-order valence-electron chi connectivity index (χ2n) is 3.41. The highest BCUT2D eigenvalue weighted by molar-refractivity contribution is 5.82. The summed E-state index contributed by atoms with van der Waals surface area (Å²) in [5, 5.41) is 20.3. The smallest absolute Gasteiger partial charge is 0.330 e. The maximum atomic E-state index is 11.0. The molecule has 0 saturated carbocycles. The molecule has 0 unspecified atom stereocenters. The molecule has 0 amide bonds. The van der Waals surface area contributed by atoms with Gasteiger partial charge in [0, 0.05) is 18.2 Å². The lowest BCUT2D eigenvalue weighted by molar-refractivity contribution is -0.385. The molecule has 0 aliphatic heterocycles. The number of aliphatic hydroxyl groups is 1. The molecule has 1 aromatic carbocycles. The Morgan fingerprint density at radius 1 is 1.61 bits per heavy atom. The summed E-state index contributed by atoms with van der Waals surface area (Å²) >= 11 is 0. The first kappa shape index (κ1) is 13.9. The van der Waals surface area contributed by atoms with E-state index in [1.54, 1.807) is 6.92 Å². The Morgan fingerprint density at radius 2 is 2.33 bits per heavy atom. The minimum absolute atomic E-state index is 0.115. The number of aliphatic hydroxyl groups excluding tert-OH is 1. The third-order valence-electron chi connectivity index (χ3n) is 2.12. The van der Waals surface area contributed by atoms with Crippen molar-refractivity contribution < 1.29 is 19.6 Å². The molecule has 1 aromatic rings. The Hall–Kier alpha value is -2.21. The molecule has 0 saturated heterocycles. The molecular formula is C12H13NO5. The summed E-state index contributed by atoms with van der Waals surface area (Å²) < 4.78 is 4.65. The fourth-order valence-corrected chi connectivity index (χ4v) is 1.29. The fraction of sp³-hybridized carbons (Fsp3) is 0.250. The molecular weight excluding hydrogens is 238 g/mol. The van der Waals surface area contributed by atoms with Crippen LogP contribution in [0.5, 0.6) is 0 Å². The van der Waals surface area contributed by atoms with E-state index in [1.165, 1.54) is 30.3 Å². The minimum Gasteiger partial charge on any atom is -0.463 e. The van der Waals surface area contributed by atoms with Crippen molar-refractivity contribution in [2.45, 2.75) is 13.0 Å². The number of hydrogen-bond acceptors (Lipinski definition) is 5. The van der Waals surface area contributed by atoms with Crippen LogP contribution < -0.4 is 0 Å². The van der Waals surface area contributed by atoms with Gasteiger partial charge >= 0.3 is 5.97 Å². The zero-order valence-electron chi connectivity index (χ0n) is 9.78. The largest absolute Gasteiger partial charge is 0.463 e. The van der Waals surface area contributed by atoms with Gasteiger partial charge in [0.15, 0.2) is 0 Å². The first-order valence-electron chi connectivity index (χ1n) is 5.32. The van der Waals surface area contributed by atoms with Crippen LogP contribution in [-0.4, -0.2) is 22.6 Å². The van der Waals surface area contributed by atoms with E-state index in [2.05, 4.69) is 4.74 Å². The van der Waals surface area contributed by atoms with E-state index >= 15 is 0 Å². The van der Waals surface area contributed by atoms with E-state index in [4.69, 9.17) is 0 Å². The summed E-state index contributed by atoms with van der Waals surface area (Å²) in [6, 6.07) is 5.58. The third kappa shape index (κ3) is 3.99. The van der Waals surface area contributed by atoms with Gasteiger partial charge in [-0.15, -0.1) is 0 Å². The maximum Gasteiger partial charge on any atom is 0.330 e. The second kappa shape index (κ2) is 6.51. The monoisotopic (exact) mass is 251 g/mol. The molecule has 96 valence electrons. The van der Waals surface area contributed by atoms with E-state index in [1.807, 2.05) is 0 Å². The van der Waals surface area contributed by atoms with Gasteiger partial charge in [-0.25, -0.2) is 4.79 Å². The number of nitrogens with zero attached hydrogens (tertiary/aromatic N) is 1. The van der Waals surface area contributed by atoms with Gasteiger partial charge in [0.2, 0.25) is 0 Å². The summed E-state index contributed by atoms with van der Waals surface area (Å²) in [6.07, 6.45) is 1.22. The van der Waals surface area contributed by atoms with Crippen molar-refractivity contribution in [3.8, 4) is 0 Å². The van der Waals surface area contributed by atoms with Crippen molar-refractivity contribution in [2.24, 2.45) is 0 Å². The van der Waals surface area contributed by atoms with E-state index in [0.717, 1.165) is 6.08 Å². The Balaban J connectivity index is 2.78. The van der Waals surface area contributed by atoms with Gasteiger partial charge < -0.3 is 9.84 Å². The molecule has 18 heavy (non-hydrogen) atoms. The van der Waals surface area contributed by atoms with Crippen LogP contribution >= 0.6 is 0 Å². The van der Waals surface area contributed by atoms with Crippen LogP contribution in [0, 0.1) is 10.1 Å². The molecule has 0 heterocycles. The number of carbonyl (C=O) groups excluding carboxylic acids is 1. The zero-order chi connectivity index (χ0) is 13.5. The number of rotatable bonds is 5. The molecule has 0 aliphatic rings. The quantitative estimate of drug-likeness (QED) is 0.372. The average Bonchev–Trinajstić information content (AvgIpc) is 2.36. The maximum absolute atomic E-state index is 11.0. The van der Waals surface area contributed by atoms with Crippen molar-refractivity contribution >= 4 is 11.7 Å². The zero-order valence-corrected chi connectivity index (χ0v) is 9.78. The predicted molar refractivity (Wildman–Crippen MR) is 63.8 cm³/mol. The standard InChI is InChI=1S/C12H13NO5/c1-2-18-12(15)7-6-11(14)9-4-3-5-10(8-9)13(16)17/h3-8,11,14H,2H2,1H3/b7-6+/t11-/m0/s1. The van der Waals surface area contributed by atoms with Gasteiger partial charge in [0.05, 0.1) is 17.6 Å². The topological polar surface area (TPSA) is 89.7 Å². The third-order valence-corrected chi connectivity index (χ3v) is 2.12. The lowest BCUT2D eigenvalue weighted by Crippen LogP contribution is -2.01. The first-order chi connectivity index (χ1) is 8.54. The molecule has 6 heteroatoms. The van der Waals surface area contributed by atoms with Gasteiger partial charge in [0.25, 0.3) is 5.69 Å². The molecule has 0 fully saturated rings. The molecule has 1 rings (SSSR count). The second-order valence-corrected chi connectivity index (χ2v) is 3.41. The highest BCUT2D eigenvalue weighted by Gasteiger charge is 2.10. The van der Waals surface area contributed by atoms with Gasteiger partial charge in [0.1, 0.15) is 0 Å². The van der Waals surface area contributed by atoms with Crippen molar-refractivity contribution in [1.29, 1.82) is 0 Å². The Kier molecular flexibility index (Phi) is 5.01. The van der Waals surface area contributed by atoms with E-state index in [-0.39, 0.29) is 12.3 Å². The van der Waals surface area contributed by atoms with Gasteiger partial charge in [-0.1, -0.05) is 12.1 Å². The molecule has 0 bridgehead atoms. The highest BCUT2D eigenvalue weighted by atomic mass is 16.6. The van der Waals surface area contributed by atoms with Crippen LogP contribution in [0.2, 0.25) is 0 Å². The number of ether oxygens (including phenoxy) is 1. The molecule has 0 aliphatic carbocycles. The summed E-state index contributed by atoms with van der Waals surface area (Å²) in [6.45, 7) is 1.92. The van der Waals surface area contributed by atoms with E-state index < -0.39 is 17.0 Å². The van der Waals surface area contributed by atoms with Gasteiger partial charge in [-0.2, -0.15) is 0 Å². The predicted octanol–water partition coefficient (Wildman–Crippen LogP) is 1.75. The number of carbonyl (C=O) groups is 1. The summed E-state index contributed by atoms with van der Waals surface area (Å²) in [5.74, 6) is -0.568. The molecule has 6 nitrogen and oxygen atoms in total. The molecule has 0 radical (unpaired) electrons. The average molecular weight is 251 g/mol. The van der Waals surface area contributed by atoms with Crippen LogP contribution in [0.1, 0.15) is 18.6 Å². The van der Waals surface area contributed by atoms with Crippen LogP contribution in [-0.2, 0) is 9.53 Å². The number of non-ortho nitro benzene ring substituents is 1. The SMILES string of the molecule is CCOC(=O)/C=C/[C@H](O)c1cccc([N+](=O)[O-])c1. The normalized spacial score (nSPS) is 12.3. The Labute approximate surface area is 104 Å². The van der Waals surface area contributed by atoms with Crippen molar-refractivity contribution in [2.75, 3.05) is 6.61 Å². The van der Waals surface area contributed by atoms with Crippen molar-refractivity contribution in [3.05, 3.63) is 52.1 Å². The van der Waals surface area contributed by atoms with Crippen LogP contribution in [0.25, 0.3) is 0 Å². The van der Waals surface area contributed by atoms with Crippen molar-refractivity contribution in [1.82, 2.24) is 0 Å². The Bertz CT molecular complexity index is 469. The van der Waals surface area contributed by atoms with Crippen LogP contribution in [0.3, 0.4) is 0 Å². The number of nitro benzene ring substituents is 1. The van der Waals surface area contributed by atoms with Gasteiger partial charge in [-0.3, -0.25) is 10.1 Å². The fourth-order valence-electron chi connectivity index (χ4n) is 1.29. The lowest BCUT2D eigenvalue weighted by atomic mass is 10.1.